The molecule has 0 aliphatic rings. The number of nitrogens with one attached hydrogen (secondary N) is 2. The molecule has 0 radical (unpaired) electrons. The van der Waals surface area contributed by atoms with Gasteiger partial charge in [-0.15, -0.1) is 11.3 Å². The first-order valence-electron chi connectivity index (χ1n) is 5.88. The van der Waals surface area contributed by atoms with E-state index in [1.807, 2.05) is 48.0 Å². The van der Waals surface area contributed by atoms with Crippen molar-refractivity contribution in [1.82, 2.24) is 9.97 Å². The van der Waals surface area contributed by atoms with E-state index < -0.39 is 0 Å². The molecule has 19 heavy (non-hydrogen) atoms. The summed E-state index contributed by atoms with van der Waals surface area (Å²) in [6, 6.07) is 12.0. The van der Waals surface area contributed by atoms with Crippen LogP contribution in [-0.4, -0.2) is 9.97 Å². The number of thiophene rings is 1. The molecule has 0 atom stereocenters. The van der Waals surface area contributed by atoms with Crippen molar-refractivity contribution in [1.29, 1.82) is 0 Å². The van der Waals surface area contributed by atoms with Gasteiger partial charge in [0.2, 0.25) is 0 Å². The van der Waals surface area contributed by atoms with Crippen LogP contribution >= 0.6 is 22.9 Å². The number of nitrogens with zero attached hydrogens (tertiary/aromatic N) is 1. The van der Waals surface area contributed by atoms with Gasteiger partial charge in [-0.3, -0.25) is 0 Å². The lowest BCUT2D eigenvalue weighted by atomic mass is 10.3. The van der Waals surface area contributed by atoms with Crippen molar-refractivity contribution in [3.05, 3.63) is 58.1 Å². The van der Waals surface area contributed by atoms with Gasteiger partial charge in [0.15, 0.2) is 0 Å². The summed E-state index contributed by atoms with van der Waals surface area (Å²) in [5.41, 5.74) is 3.15. The van der Waals surface area contributed by atoms with Crippen LogP contribution in [0.3, 0.4) is 0 Å². The van der Waals surface area contributed by atoms with Crippen LogP contribution in [0.2, 0.25) is 4.34 Å². The fraction of sp³-hybridized carbons (Fsp3) is 0.0714. The van der Waals surface area contributed by atoms with Crippen LogP contribution in [0.15, 0.2) is 48.0 Å². The van der Waals surface area contributed by atoms with Crippen molar-refractivity contribution in [2.45, 2.75) is 6.54 Å². The second-order valence-electron chi connectivity index (χ2n) is 4.10. The highest BCUT2D eigenvalue weighted by atomic mass is 35.5. The number of anilines is 1. The number of H-pyrrole nitrogens is 1. The molecule has 2 aromatic heterocycles. The summed E-state index contributed by atoms with van der Waals surface area (Å²) in [5, 5.41) is 5.33. The summed E-state index contributed by atoms with van der Waals surface area (Å²) < 4.78 is 0.786. The topological polar surface area (TPSA) is 40.7 Å². The van der Waals surface area contributed by atoms with Gasteiger partial charge in [0.05, 0.1) is 22.8 Å². The van der Waals surface area contributed by atoms with Crippen LogP contribution < -0.4 is 5.32 Å². The second-order valence-corrected chi connectivity index (χ2v) is 5.65. The molecule has 0 bridgehead atoms. The molecule has 0 fully saturated rings. The Hall–Kier alpha value is -1.78. The molecule has 3 nitrogen and oxygen atoms in total. The van der Waals surface area contributed by atoms with Gasteiger partial charge < -0.3 is 10.3 Å². The highest BCUT2D eigenvalue weighted by Gasteiger charge is 2.05. The second kappa shape index (κ2) is 5.47. The first-order chi connectivity index (χ1) is 9.31. The maximum absolute atomic E-state index is 5.93. The highest BCUT2D eigenvalue weighted by Crippen LogP contribution is 2.27. The van der Waals surface area contributed by atoms with E-state index in [0.29, 0.717) is 6.54 Å². The van der Waals surface area contributed by atoms with Crippen molar-refractivity contribution in [3.63, 3.8) is 0 Å². The molecule has 0 unspecified atom stereocenters. The van der Waals surface area contributed by atoms with Gasteiger partial charge in [-0.05, 0) is 18.2 Å². The van der Waals surface area contributed by atoms with Crippen LogP contribution in [0.1, 0.15) is 5.82 Å². The number of aromatic nitrogens is 2. The third-order valence-electron chi connectivity index (χ3n) is 2.74. The van der Waals surface area contributed by atoms with Crippen LogP contribution in [0, 0.1) is 0 Å². The smallest absolute Gasteiger partial charge is 0.125 e. The van der Waals surface area contributed by atoms with Crippen molar-refractivity contribution in [3.8, 4) is 11.3 Å². The Morgan fingerprint density at radius 3 is 2.84 bits per heavy atom. The Morgan fingerprint density at radius 1 is 1.26 bits per heavy atom. The first-order valence-corrected chi connectivity index (χ1v) is 7.14. The minimum atomic E-state index is 0.669. The molecule has 3 rings (SSSR count). The summed E-state index contributed by atoms with van der Waals surface area (Å²) >= 11 is 7.45. The standard InChI is InChI=1S/C14H12ClN3S/c15-13-6-10(9-19-13)12-7-17-14(18-12)8-16-11-4-2-1-3-5-11/h1-7,9,16H,8H2,(H,17,18). The summed E-state index contributed by atoms with van der Waals surface area (Å²) in [4.78, 5) is 7.65. The molecule has 0 saturated heterocycles. The minimum Gasteiger partial charge on any atom is -0.378 e. The molecule has 1 aromatic carbocycles. The predicted molar refractivity (Wildman–Crippen MR) is 80.7 cm³/mol. The monoisotopic (exact) mass is 289 g/mol. The number of aromatic amines is 1. The summed E-state index contributed by atoms with van der Waals surface area (Å²) in [5.74, 6) is 0.904. The number of hydrogen-bond donors (Lipinski definition) is 2. The fourth-order valence-electron chi connectivity index (χ4n) is 1.79. The third-order valence-corrected chi connectivity index (χ3v) is 3.83. The minimum absolute atomic E-state index is 0.669. The summed E-state index contributed by atoms with van der Waals surface area (Å²) in [6.07, 6.45) is 1.83. The van der Waals surface area contributed by atoms with Gasteiger partial charge in [0.1, 0.15) is 5.82 Å². The lowest BCUT2D eigenvalue weighted by Gasteiger charge is -2.03. The number of rotatable bonds is 4. The summed E-state index contributed by atoms with van der Waals surface area (Å²) in [7, 11) is 0. The van der Waals surface area contributed by atoms with Gasteiger partial charge in [-0.1, -0.05) is 29.8 Å². The number of imidazole rings is 1. The molecule has 5 heteroatoms. The Kier molecular flexibility index (Phi) is 3.53. The Balaban J connectivity index is 1.68. The lowest BCUT2D eigenvalue weighted by Crippen LogP contribution is -2.00. The average molecular weight is 290 g/mol. The number of hydrogen-bond acceptors (Lipinski definition) is 3. The molecule has 0 spiro atoms. The van der Waals surface area contributed by atoms with E-state index in [2.05, 4.69) is 15.3 Å². The molecular formula is C14H12ClN3S. The Labute approximate surface area is 120 Å². The van der Waals surface area contributed by atoms with E-state index in [1.54, 1.807) is 0 Å². The number of halogens is 1. The number of para-hydroxylation sites is 1. The van der Waals surface area contributed by atoms with Crippen LogP contribution in [-0.2, 0) is 6.54 Å². The van der Waals surface area contributed by atoms with Crippen molar-refractivity contribution in [2.75, 3.05) is 5.32 Å². The predicted octanol–water partition coefficient (Wildman–Crippen LogP) is 4.40. The van der Waals surface area contributed by atoms with E-state index in [-0.39, 0.29) is 0 Å². The van der Waals surface area contributed by atoms with E-state index in [0.717, 1.165) is 27.1 Å². The summed E-state index contributed by atoms with van der Waals surface area (Å²) in [6.45, 7) is 0.669. The zero-order valence-electron chi connectivity index (χ0n) is 10.1. The van der Waals surface area contributed by atoms with Crippen LogP contribution in [0.25, 0.3) is 11.3 Å². The molecular weight excluding hydrogens is 278 g/mol. The quantitative estimate of drug-likeness (QED) is 0.747. The van der Waals surface area contributed by atoms with Crippen molar-refractivity contribution >= 4 is 28.6 Å². The zero-order chi connectivity index (χ0) is 13.1. The van der Waals surface area contributed by atoms with E-state index in [9.17, 15) is 0 Å². The molecule has 0 amide bonds. The maximum Gasteiger partial charge on any atom is 0.125 e. The average Bonchev–Trinajstić information content (AvgIpc) is 3.06. The van der Waals surface area contributed by atoms with E-state index in [1.165, 1.54) is 11.3 Å². The third kappa shape index (κ3) is 2.97. The van der Waals surface area contributed by atoms with Gasteiger partial charge in [0, 0.05) is 16.6 Å². The van der Waals surface area contributed by atoms with Gasteiger partial charge in [-0.2, -0.15) is 0 Å². The first kappa shape index (κ1) is 12.3. The van der Waals surface area contributed by atoms with Gasteiger partial charge in [-0.25, -0.2) is 4.98 Å². The molecule has 2 N–H and O–H groups in total. The number of benzene rings is 1. The lowest BCUT2D eigenvalue weighted by molar-refractivity contribution is 1.00. The highest BCUT2D eigenvalue weighted by molar-refractivity contribution is 7.14. The molecule has 96 valence electrons. The largest absolute Gasteiger partial charge is 0.378 e. The normalized spacial score (nSPS) is 10.6. The van der Waals surface area contributed by atoms with Crippen LogP contribution in [0.5, 0.6) is 0 Å². The van der Waals surface area contributed by atoms with Crippen molar-refractivity contribution < 1.29 is 0 Å². The fourth-order valence-corrected chi connectivity index (χ4v) is 2.67. The Bertz CT molecular complexity index is 660. The van der Waals surface area contributed by atoms with E-state index in [4.69, 9.17) is 11.6 Å². The molecule has 3 aromatic rings. The van der Waals surface area contributed by atoms with Gasteiger partial charge >= 0.3 is 0 Å². The van der Waals surface area contributed by atoms with E-state index >= 15 is 0 Å². The molecule has 2 heterocycles. The molecule has 0 aliphatic carbocycles. The van der Waals surface area contributed by atoms with Crippen LogP contribution in [0.4, 0.5) is 5.69 Å². The Morgan fingerprint density at radius 2 is 2.11 bits per heavy atom. The zero-order valence-corrected chi connectivity index (χ0v) is 11.6. The maximum atomic E-state index is 5.93. The molecule has 0 saturated carbocycles. The van der Waals surface area contributed by atoms with Crippen molar-refractivity contribution in [2.24, 2.45) is 0 Å². The van der Waals surface area contributed by atoms with Gasteiger partial charge in [0.25, 0.3) is 0 Å². The molecule has 0 aliphatic heterocycles. The SMILES string of the molecule is Clc1cc(-c2cnc(CNc3ccccc3)[nH]2)cs1.